The van der Waals surface area contributed by atoms with Gasteiger partial charge in [0.15, 0.2) is 0 Å². The first-order valence-electron chi connectivity index (χ1n) is 7.26. The number of anilines is 1. The van der Waals surface area contributed by atoms with Crippen LogP contribution in [0.3, 0.4) is 0 Å². The molecule has 0 bridgehead atoms. The number of thiophene rings is 1. The van der Waals surface area contributed by atoms with Gasteiger partial charge in [-0.15, -0.1) is 11.3 Å². The number of carbonyl (C=O) groups is 1. The summed E-state index contributed by atoms with van der Waals surface area (Å²) in [6, 6.07) is 10.3. The summed E-state index contributed by atoms with van der Waals surface area (Å²) in [6.45, 7) is 3.07. The highest BCUT2D eigenvalue weighted by atomic mass is 35.5. The lowest BCUT2D eigenvalue weighted by atomic mass is 10.1. The summed E-state index contributed by atoms with van der Waals surface area (Å²) in [5.74, 6) is -0.440. The molecule has 0 radical (unpaired) electrons. The van der Waals surface area contributed by atoms with Crippen molar-refractivity contribution in [1.82, 2.24) is 10.0 Å². The zero-order valence-corrected chi connectivity index (χ0v) is 15.4. The quantitative estimate of drug-likeness (QED) is 0.649. The predicted molar refractivity (Wildman–Crippen MR) is 97.0 cm³/mol. The maximum atomic E-state index is 12.1. The zero-order valence-electron chi connectivity index (χ0n) is 13.0. The van der Waals surface area contributed by atoms with Crippen molar-refractivity contribution < 1.29 is 13.2 Å². The Kier molecular flexibility index (Phi) is 6.76. The van der Waals surface area contributed by atoms with Crippen LogP contribution in [0.15, 0.2) is 40.6 Å². The van der Waals surface area contributed by atoms with Gasteiger partial charge >= 0.3 is 0 Å². The van der Waals surface area contributed by atoms with Gasteiger partial charge in [0, 0.05) is 12.2 Å². The molecule has 1 aromatic carbocycles. The third-order valence-corrected chi connectivity index (χ3v) is 6.22. The summed E-state index contributed by atoms with van der Waals surface area (Å²) in [7, 11) is -3.74. The summed E-state index contributed by atoms with van der Waals surface area (Å²) in [4.78, 5) is 12.0. The Morgan fingerprint density at radius 2 is 1.96 bits per heavy atom. The van der Waals surface area contributed by atoms with E-state index in [0.717, 1.165) is 23.4 Å². The molecule has 130 valence electrons. The Morgan fingerprint density at radius 3 is 2.62 bits per heavy atom. The van der Waals surface area contributed by atoms with E-state index in [-0.39, 0.29) is 10.8 Å². The third kappa shape index (κ3) is 5.29. The number of rotatable bonds is 8. The highest BCUT2D eigenvalue weighted by molar-refractivity contribution is 7.91. The van der Waals surface area contributed by atoms with Crippen LogP contribution in [-0.4, -0.2) is 27.4 Å². The maximum Gasteiger partial charge on any atom is 0.250 e. The molecule has 2 aromatic rings. The highest BCUT2D eigenvalue weighted by Crippen LogP contribution is 2.25. The van der Waals surface area contributed by atoms with E-state index in [1.165, 1.54) is 12.1 Å². The van der Waals surface area contributed by atoms with Gasteiger partial charge in [-0.05, 0) is 30.3 Å². The normalized spacial score (nSPS) is 11.4. The van der Waals surface area contributed by atoms with Gasteiger partial charge in [0.2, 0.25) is 5.91 Å². The first-order valence-corrected chi connectivity index (χ1v) is 9.93. The Bertz CT molecular complexity index is 806. The van der Waals surface area contributed by atoms with E-state index in [9.17, 15) is 13.2 Å². The minimum absolute atomic E-state index is 0.0767. The van der Waals surface area contributed by atoms with E-state index in [4.69, 9.17) is 11.6 Å². The van der Waals surface area contributed by atoms with Crippen LogP contribution in [0.25, 0.3) is 0 Å². The second-order valence-electron chi connectivity index (χ2n) is 4.87. The van der Waals surface area contributed by atoms with Crippen molar-refractivity contribution in [3.63, 3.8) is 0 Å². The van der Waals surface area contributed by atoms with Crippen molar-refractivity contribution in [2.75, 3.05) is 18.4 Å². The lowest BCUT2D eigenvalue weighted by molar-refractivity contribution is -0.115. The second-order valence-corrected chi connectivity index (χ2v) is 8.58. The lowest BCUT2D eigenvalue weighted by Gasteiger charge is -2.11. The van der Waals surface area contributed by atoms with E-state index in [1.807, 2.05) is 25.1 Å². The molecular formula is C15H18ClN3O3S2. The van der Waals surface area contributed by atoms with Crippen LogP contribution in [0.1, 0.15) is 12.5 Å². The van der Waals surface area contributed by atoms with Crippen molar-refractivity contribution in [3.8, 4) is 0 Å². The first-order chi connectivity index (χ1) is 11.4. The van der Waals surface area contributed by atoms with Crippen LogP contribution >= 0.6 is 22.9 Å². The Balaban J connectivity index is 1.96. The molecule has 1 amide bonds. The van der Waals surface area contributed by atoms with Crippen LogP contribution in [0.2, 0.25) is 4.34 Å². The second kappa shape index (κ2) is 8.59. The van der Waals surface area contributed by atoms with Gasteiger partial charge < -0.3 is 10.6 Å². The van der Waals surface area contributed by atoms with Crippen LogP contribution in [0.5, 0.6) is 0 Å². The Morgan fingerprint density at radius 1 is 1.21 bits per heavy atom. The number of para-hydroxylation sites is 1. The van der Waals surface area contributed by atoms with Crippen LogP contribution < -0.4 is 15.4 Å². The molecule has 0 spiro atoms. The number of carbonyl (C=O) groups excluding carboxylic acids is 1. The molecular weight excluding hydrogens is 370 g/mol. The number of sulfonamides is 1. The van der Waals surface area contributed by atoms with Gasteiger partial charge in [0.05, 0.1) is 10.9 Å². The molecule has 0 aliphatic heterocycles. The van der Waals surface area contributed by atoms with E-state index < -0.39 is 15.9 Å². The van der Waals surface area contributed by atoms with Gasteiger partial charge in [0.25, 0.3) is 10.0 Å². The summed E-state index contributed by atoms with van der Waals surface area (Å²) in [5.41, 5.74) is 1.59. The number of nitrogens with one attached hydrogen (secondary N) is 3. The first kappa shape index (κ1) is 18.9. The average molecular weight is 388 g/mol. The largest absolute Gasteiger partial charge is 0.325 e. The van der Waals surface area contributed by atoms with Crippen LogP contribution in [0, 0.1) is 0 Å². The van der Waals surface area contributed by atoms with Gasteiger partial charge in [-0.25, -0.2) is 13.1 Å². The molecule has 0 aliphatic rings. The van der Waals surface area contributed by atoms with Gasteiger partial charge in [-0.3, -0.25) is 4.79 Å². The van der Waals surface area contributed by atoms with Crippen molar-refractivity contribution in [2.24, 2.45) is 0 Å². The van der Waals surface area contributed by atoms with Gasteiger partial charge in [-0.1, -0.05) is 36.7 Å². The third-order valence-electron chi connectivity index (χ3n) is 3.09. The molecule has 0 aliphatic carbocycles. The summed E-state index contributed by atoms with van der Waals surface area (Å²) >= 11 is 6.67. The minimum atomic E-state index is -3.74. The minimum Gasteiger partial charge on any atom is -0.325 e. The molecule has 9 heteroatoms. The smallest absolute Gasteiger partial charge is 0.250 e. The number of hydrogen-bond acceptors (Lipinski definition) is 5. The molecule has 0 saturated carbocycles. The van der Waals surface area contributed by atoms with Crippen molar-refractivity contribution in [1.29, 1.82) is 0 Å². The molecule has 0 atom stereocenters. The summed E-state index contributed by atoms with van der Waals surface area (Å²) < 4.78 is 26.8. The van der Waals surface area contributed by atoms with E-state index in [2.05, 4.69) is 15.4 Å². The molecule has 1 aromatic heterocycles. The fraction of sp³-hybridized carbons (Fsp3) is 0.267. The zero-order chi connectivity index (χ0) is 17.6. The fourth-order valence-corrected chi connectivity index (χ4v) is 4.43. The number of hydrogen-bond donors (Lipinski definition) is 3. The van der Waals surface area contributed by atoms with Crippen molar-refractivity contribution in [2.45, 2.75) is 17.7 Å². The number of amides is 1. The molecule has 0 unspecified atom stereocenters. The van der Waals surface area contributed by atoms with E-state index >= 15 is 0 Å². The molecule has 3 N–H and O–H groups in total. The molecule has 6 nitrogen and oxygen atoms in total. The highest BCUT2D eigenvalue weighted by Gasteiger charge is 2.18. The Hall–Kier alpha value is -1.45. The maximum absolute atomic E-state index is 12.1. The van der Waals surface area contributed by atoms with Crippen LogP contribution in [0.4, 0.5) is 5.69 Å². The lowest BCUT2D eigenvalue weighted by Crippen LogP contribution is -2.32. The SMILES string of the molecule is CCNCc1ccccc1NC(=O)CNS(=O)(=O)c1ccc(Cl)s1. The van der Waals surface area contributed by atoms with E-state index in [1.54, 1.807) is 6.07 Å². The van der Waals surface area contributed by atoms with E-state index in [0.29, 0.717) is 16.6 Å². The molecule has 1 heterocycles. The molecule has 2 rings (SSSR count). The molecule has 0 saturated heterocycles. The standard InChI is InChI=1S/C15H18ClN3O3S2/c1-2-17-9-11-5-3-4-6-12(11)19-14(20)10-18-24(21,22)15-8-7-13(16)23-15/h3-8,17-18H,2,9-10H2,1H3,(H,19,20). The molecule has 0 fully saturated rings. The van der Waals surface area contributed by atoms with Crippen molar-refractivity contribution >= 4 is 44.6 Å². The number of benzene rings is 1. The topological polar surface area (TPSA) is 87.3 Å². The molecule has 24 heavy (non-hydrogen) atoms. The average Bonchev–Trinajstić information content (AvgIpc) is 3.00. The Labute approximate surface area is 150 Å². The summed E-state index contributed by atoms with van der Waals surface area (Å²) in [5, 5.41) is 5.90. The van der Waals surface area contributed by atoms with Gasteiger partial charge in [-0.2, -0.15) is 0 Å². The monoisotopic (exact) mass is 387 g/mol. The van der Waals surface area contributed by atoms with Crippen molar-refractivity contribution in [3.05, 3.63) is 46.3 Å². The fourth-order valence-electron chi connectivity index (χ4n) is 1.92. The van der Waals surface area contributed by atoms with Crippen LogP contribution in [-0.2, 0) is 21.4 Å². The van der Waals surface area contributed by atoms with Gasteiger partial charge in [0.1, 0.15) is 4.21 Å². The number of halogens is 1. The predicted octanol–water partition coefficient (Wildman–Crippen LogP) is 2.43. The summed E-state index contributed by atoms with van der Waals surface area (Å²) in [6.07, 6.45) is 0.